The van der Waals surface area contributed by atoms with Crippen molar-refractivity contribution >= 4 is 39.5 Å². The van der Waals surface area contributed by atoms with Crippen LogP contribution in [0.1, 0.15) is 5.56 Å². The summed E-state index contributed by atoms with van der Waals surface area (Å²) in [4.78, 5) is 0. The smallest absolute Gasteiger partial charge is 0.127 e. The molecule has 1 aliphatic rings. The van der Waals surface area contributed by atoms with Crippen molar-refractivity contribution in [3.05, 3.63) is 34.1 Å². The number of hydrogen-bond acceptors (Lipinski definition) is 3. The van der Waals surface area contributed by atoms with Gasteiger partial charge in [-0.15, -0.1) is 0 Å². The molecule has 0 aromatic heterocycles. The van der Waals surface area contributed by atoms with Gasteiger partial charge in [0, 0.05) is 45.6 Å². The number of halogens is 2. The summed E-state index contributed by atoms with van der Waals surface area (Å²) in [6.45, 7) is 1.57. The molecule has 0 spiro atoms. The third kappa shape index (κ3) is 4.47. The molecule has 1 aromatic rings. The Hall–Kier alpha value is 0.290. The zero-order valence-corrected chi connectivity index (χ0v) is 12.6. The van der Waals surface area contributed by atoms with Gasteiger partial charge in [0.25, 0.3) is 0 Å². The Morgan fingerprint density at radius 1 is 1.41 bits per heavy atom. The largest absolute Gasteiger partial charge is 0.311 e. The van der Waals surface area contributed by atoms with E-state index in [0.29, 0.717) is 11.8 Å². The molecule has 0 bridgehead atoms. The molecule has 1 fully saturated rings. The van der Waals surface area contributed by atoms with E-state index in [1.807, 2.05) is 29.6 Å². The molecule has 1 atom stereocenters. The molecule has 17 heavy (non-hydrogen) atoms. The van der Waals surface area contributed by atoms with Gasteiger partial charge in [0.2, 0.25) is 0 Å². The molecule has 2 rings (SSSR count). The first-order valence-electron chi connectivity index (χ1n) is 5.59. The van der Waals surface area contributed by atoms with E-state index in [1.165, 1.54) is 23.3 Å². The van der Waals surface area contributed by atoms with Gasteiger partial charge in [-0.3, -0.25) is 0 Å². The predicted octanol–water partition coefficient (Wildman–Crippen LogP) is 3.53. The summed E-state index contributed by atoms with van der Waals surface area (Å²) >= 11 is 7.39. The monoisotopic (exact) mass is 335 g/mol. The summed E-state index contributed by atoms with van der Waals surface area (Å²) in [5, 5.41) is 4.01. The number of thioether (sulfide) groups is 2. The second-order valence-corrected chi connectivity index (χ2v) is 7.41. The van der Waals surface area contributed by atoms with E-state index >= 15 is 0 Å². The fraction of sp³-hybridized carbons (Fsp3) is 0.500. The van der Waals surface area contributed by atoms with Crippen LogP contribution in [0.5, 0.6) is 0 Å². The highest BCUT2D eigenvalue weighted by atomic mass is 79.9. The first-order valence-corrected chi connectivity index (χ1v) is 8.59. The summed E-state index contributed by atoms with van der Waals surface area (Å²) in [6.07, 6.45) is 0. The molecular weight excluding hydrogens is 321 g/mol. The summed E-state index contributed by atoms with van der Waals surface area (Å²) in [5.74, 6) is 3.58. The molecule has 1 aliphatic heterocycles. The lowest BCUT2D eigenvalue weighted by Crippen LogP contribution is -2.28. The van der Waals surface area contributed by atoms with Gasteiger partial charge in [0.05, 0.1) is 0 Å². The third-order valence-corrected chi connectivity index (χ3v) is 5.92. The minimum atomic E-state index is -0.133. The van der Waals surface area contributed by atoms with Crippen molar-refractivity contribution < 1.29 is 4.39 Å². The summed E-state index contributed by atoms with van der Waals surface area (Å²) in [5.41, 5.74) is 0.729. The van der Waals surface area contributed by atoms with Crippen LogP contribution >= 0.6 is 39.5 Å². The van der Waals surface area contributed by atoms with Crippen molar-refractivity contribution in [3.63, 3.8) is 0 Å². The number of benzene rings is 1. The molecule has 0 aliphatic carbocycles. The van der Waals surface area contributed by atoms with Gasteiger partial charge in [0.1, 0.15) is 5.82 Å². The molecule has 5 heteroatoms. The van der Waals surface area contributed by atoms with Crippen LogP contribution in [0.25, 0.3) is 0 Å². The van der Waals surface area contributed by atoms with Crippen LogP contribution in [0, 0.1) is 5.82 Å². The van der Waals surface area contributed by atoms with Crippen molar-refractivity contribution in [2.75, 3.05) is 23.8 Å². The normalized spacial score (nSPS) is 20.5. The van der Waals surface area contributed by atoms with Crippen LogP contribution in [0.4, 0.5) is 4.39 Å². The maximum atomic E-state index is 13.5. The van der Waals surface area contributed by atoms with Crippen LogP contribution in [0.15, 0.2) is 22.7 Å². The maximum Gasteiger partial charge on any atom is 0.127 e. The Labute approximate surface area is 118 Å². The Bertz CT molecular complexity index is 370. The van der Waals surface area contributed by atoms with E-state index in [1.54, 1.807) is 6.07 Å². The summed E-state index contributed by atoms with van der Waals surface area (Å²) in [7, 11) is 0. The molecule has 1 unspecified atom stereocenters. The van der Waals surface area contributed by atoms with E-state index in [-0.39, 0.29) is 5.82 Å². The average molecular weight is 336 g/mol. The van der Waals surface area contributed by atoms with Gasteiger partial charge >= 0.3 is 0 Å². The van der Waals surface area contributed by atoms with Crippen LogP contribution in [0.2, 0.25) is 0 Å². The molecule has 1 nitrogen and oxygen atoms in total. The minimum Gasteiger partial charge on any atom is -0.311 e. The number of hydrogen-bond donors (Lipinski definition) is 1. The van der Waals surface area contributed by atoms with E-state index in [2.05, 4.69) is 21.2 Å². The zero-order valence-electron chi connectivity index (χ0n) is 9.42. The summed E-state index contributed by atoms with van der Waals surface area (Å²) in [6, 6.07) is 5.07. The van der Waals surface area contributed by atoms with Crippen molar-refractivity contribution in [2.24, 2.45) is 0 Å². The van der Waals surface area contributed by atoms with E-state index < -0.39 is 0 Å². The zero-order chi connectivity index (χ0) is 12.1. The van der Waals surface area contributed by atoms with Crippen molar-refractivity contribution in [1.82, 2.24) is 5.32 Å². The average Bonchev–Trinajstić information content (AvgIpc) is 2.35. The quantitative estimate of drug-likeness (QED) is 0.903. The van der Waals surface area contributed by atoms with E-state index in [4.69, 9.17) is 0 Å². The van der Waals surface area contributed by atoms with Crippen molar-refractivity contribution in [3.8, 4) is 0 Å². The van der Waals surface area contributed by atoms with Gasteiger partial charge < -0.3 is 5.32 Å². The number of nitrogens with one attached hydrogen (secondary N) is 1. The lowest BCUT2D eigenvalue weighted by atomic mass is 10.2. The first-order chi connectivity index (χ1) is 8.25. The van der Waals surface area contributed by atoms with Crippen LogP contribution in [0.3, 0.4) is 0 Å². The van der Waals surface area contributed by atoms with Gasteiger partial charge in [-0.1, -0.05) is 15.9 Å². The molecule has 0 amide bonds. The molecule has 94 valence electrons. The molecule has 1 aromatic carbocycles. The van der Waals surface area contributed by atoms with Gasteiger partial charge in [-0.05, 0) is 18.2 Å². The second kappa shape index (κ2) is 7.02. The lowest BCUT2D eigenvalue weighted by Gasteiger charge is -2.21. The van der Waals surface area contributed by atoms with E-state index in [9.17, 15) is 4.39 Å². The highest BCUT2D eigenvalue weighted by Crippen LogP contribution is 2.23. The minimum absolute atomic E-state index is 0.133. The van der Waals surface area contributed by atoms with Gasteiger partial charge in [0.15, 0.2) is 0 Å². The topological polar surface area (TPSA) is 12.0 Å². The number of rotatable bonds is 4. The molecule has 0 radical (unpaired) electrons. The fourth-order valence-corrected chi connectivity index (χ4v) is 4.76. The molecule has 1 heterocycles. The van der Waals surface area contributed by atoms with Crippen LogP contribution in [-0.2, 0) is 6.54 Å². The van der Waals surface area contributed by atoms with Crippen LogP contribution in [-0.4, -0.2) is 29.1 Å². The first kappa shape index (κ1) is 13.7. The van der Waals surface area contributed by atoms with Crippen molar-refractivity contribution in [2.45, 2.75) is 11.8 Å². The van der Waals surface area contributed by atoms with Crippen molar-refractivity contribution in [1.29, 1.82) is 0 Å². The lowest BCUT2D eigenvalue weighted by molar-refractivity contribution is 0.588. The maximum absolute atomic E-state index is 13.5. The highest BCUT2D eigenvalue weighted by molar-refractivity contribution is 9.10. The van der Waals surface area contributed by atoms with Gasteiger partial charge in [-0.25, -0.2) is 4.39 Å². The molecule has 1 saturated heterocycles. The standard InChI is InChI=1S/C12H15BrFNS2/c13-10-1-2-12(14)9(5-10)6-15-7-11-8-16-3-4-17-11/h1-2,5,11,15H,3-4,6-8H2. The molecule has 0 saturated carbocycles. The Balaban J connectivity index is 1.79. The predicted molar refractivity (Wildman–Crippen MR) is 79.4 cm³/mol. The fourth-order valence-electron chi connectivity index (χ4n) is 1.70. The molecular formula is C12H15BrFNS2. The van der Waals surface area contributed by atoms with Gasteiger partial charge in [-0.2, -0.15) is 23.5 Å². The third-order valence-electron chi connectivity index (χ3n) is 2.58. The SMILES string of the molecule is Fc1ccc(Br)cc1CNCC1CSCCS1. The highest BCUT2D eigenvalue weighted by Gasteiger charge is 2.13. The Kier molecular flexibility index (Phi) is 5.66. The molecule has 1 N–H and O–H groups in total. The Morgan fingerprint density at radius 3 is 3.06 bits per heavy atom. The second-order valence-electron chi connectivity index (χ2n) is 3.93. The summed E-state index contributed by atoms with van der Waals surface area (Å²) < 4.78 is 14.4. The Morgan fingerprint density at radius 2 is 2.29 bits per heavy atom. The van der Waals surface area contributed by atoms with E-state index in [0.717, 1.165) is 16.6 Å². The van der Waals surface area contributed by atoms with Crippen LogP contribution < -0.4 is 5.32 Å².